The molecule has 0 saturated heterocycles. The molecule has 3 amide bonds. The van der Waals surface area contributed by atoms with Crippen LogP contribution in [0.4, 0.5) is 4.79 Å². The van der Waals surface area contributed by atoms with E-state index in [9.17, 15) is 14.4 Å². The minimum absolute atomic E-state index is 0.174. The van der Waals surface area contributed by atoms with Crippen molar-refractivity contribution in [1.82, 2.24) is 16.0 Å². The Labute approximate surface area is 131 Å². The maximum atomic E-state index is 12.2. The fraction of sp³-hybridized carbons (Fsp3) is 0.786. The molecular formula is C14H28N4O4. The van der Waals surface area contributed by atoms with Gasteiger partial charge < -0.3 is 26.8 Å². The molecule has 0 saturated carbocycles. The van der Waals surface area contributed by atoms with E-state index < -0.39 is 30.0 Å². The first kappa shape index (κ1) is 20.2. The van der Waals surface area contributed by atoms with Crippen LogP contribution < -0.4 is 21.7 Å². The molecule has 0 aromatic rings. The van der Waals surface area contributed by atoms with Crippen molar-refractivity contribution in [3.05, 3.63) is 0 Å². The van der Waals surface area contributed by atoms with E-state index in [4.69, 9.17) is 10.8 Å². The van der Waals surface area contributed by atoms with E-state index in [1.807, 2.05) is 13.8 Å². The van der Waals surface area contributed by atoms with Crippen LogP contribution in [-0.4, -0.2) is 48.7 Å². The van der Waals surface area contributed by atoms with Gasteiger partial charge in [0.05, 0.1) is 0 Å². The molecule has 22 heavy (non-hydrogen) atoms. The SMILES string of the molecule is CNC(=O)N[C@@H](CC(C)C)C(=O)N[C@@H](CCCCN)C(=O)O. The number of carbonyl (C=O) groups excluding carboxylic acids is 2. The molecule has 0 radical (unpaired) electrons. The van der Waals surface area contributed by atoms with Crippen molar-refractivity contribution in [2.24, 2.45) is 11.7 Å². The van der Waals surface area contributed by atoms with E-state index >= 15 is 0 Å². The molecule has 0 aromatic carbocycles. The normalized spacial score (nSPS) is 13.3. The van der Waals surface area contributed by atoms with Crippen molar-refractivity contribution in [2.75, 3.05) is 13.6 Å². The molecular weight excluding hydrogens is 288 g/mol. The van der Waals surface area contributed by atoms with Gasteiger partial charge in [-0.05, 0) is 38.1 Å². The Morgan fingerprint density at radius 3 is 2.18 bits per heavy atom. The fourth-order valence-electron chi connectivity index (χ4n) is 1.96. The van der Waals surface area contributed by atoms with E-state index in [1.165, 1.54) is 7.05 Å². The smallest absolute Gasteiger partial charge is 0.326 e. The molecule has 6 N–H and O–H groups in total. The van der Waals surface area contributed by atoms with Crippen molar-refractivity contribution in [2.45, 2.75) is 51.6 Å². The van der Waals surface area contributed by atoms with Gasteiger partial charge in [0.15, 0.2) is 0 Å². The molecule has 0 bridgehead atoms. The van der Waals surface area contributed by atoms with Crippen LogP contribution in [0.5, 0.6) is 0 Å². The zero-order valence-electron chi connectivity index (χ0n) is 13.5. The summed E-state index contributed by atoms with van der Waals surface area (Å²) in [6.07, 6.45) is 2.05. The van der Waals surface area contributed by atoms with Crippen LogP contribution in [0, 0.1) is 5.92 Å². The largest absolute Gasteiger partial charge is 0.480 e. The number of nitrogens with one attached hydrogen (secondary N) is 3. The Hall–Kier alpha value is -1.83. The van der Waals surface area contributed by atoms with Crippen LogP contribution >= 0.6 is 0 Å². The second kappa shape index (κ2) is 10.8. The Bertz CT molecular complexity index is 374. The lowest BCUT2D eigenvalue weighted by Gasteiger charge is -2.22. The van der Waals surface area contributed by atoms with Crippen LogP contribution in [0.2, 0.25) is 0 Å². The maximum Gasteiger partial charge on any atom is 0.326 e. The monoisotopic (exact) mass is 316 g/mol. The molecule has 0 aliphatic carbocycles. The van der Waals surface area contributed by atoms with Crippen molar-refractivity contribution >= 4 is 17.9 Å². The van der Waals surface area contributed by atoms with E-state index in [2.05, 4.69) is 16.0 Å². The Balaban J connectivity index is 4.72. The Morgan fingerprint density at radius 2 is 1.73 bits per heavy atom. The summed E-state index contributed by atoms with van der Waals surface area (Å²) in [6.45, 7) is 4.32. The van der Waals surface area contributed by atoms with E-state index in [0.717, 1.165) is 0 Å². The summed E-state index contributed by atoms with van der Waals surface area (Å²) < 4.78 is 0. The third-order valence-electron chi connectivity index (χ3n) is 3.12. The number of unbranched alkanes of at least 4 members (excludes halogenated alkanes) is 1. The molecule has 0 aliphatic rings. The average molecular weight is 316 g/mol. The lowest BCUT2D eigenvalue weighted by Crippen LogP contribution is -2.53. The van der Waals surface area contributed by atoms with Gasteiger partial charge in [-0.15, -0.1) is 0 Å². The molecule has 0 aromatic heterocycles. The van der Waals surface area contributed by atoms with Crippen molar-refractivity contribution in [1.29, 1.82) is 0 Å². The van der Waals surface area contributed by atoms with Crippen molar-refractivity contribution < 1.29 is 19.5 Å². The zero-order valence-corrected chi connectivity index (χ0v) is 13.5. The van der Waals surface area contributed by atoms with Crippen LogP contribution in [0.1, 0.15) is 39.5 Å². The van der Waals surface area contributed by atoms with Gasteiger partial charge in [-0.1, -0.05) is 13.8 Å². The summed E-state index contributed by atoms with van der Waals surface area (Å²) in [5.41, 5.74) is 5.38. The lowest BCUT2D eigenvalue weighted by atomic mass is 10.0. The number of aliphatic carboxylic acids is 1. The first-order valence-electron chi connectivity index (χ1n) is 7.53. The topological polar surface area (TPSA) is 134 Å². The summed E-state index contributed by atoms with van der Waals surface area (Å²) >= 11 is 0. The predicted molar refractivity (Wildman–Crippen MR) is 83.3 cm³/mol. The zero-order chi connectivity index (χ0) is 17.1. The second-order valence-electron chi connectivity index (χ2n) is 5.59. The van der Waals surface area contributed by atoms with Gasteiger partial charge in [0, 0.05) is 7.05 Å². The van der Waals surface area contributed by atoms with E-state index in [-0.39, 0.29) is 5.92 Å². The second-order valence-corrected chi connectivity index (χ2v) is 5.59. The van der Waals surface area contributed by atoms with Gasteiger partial charge in [0.2, 0.25) is 5.91 Å². The van der Waals surface area contributed by atoms with Crippen LogP contribution in [-0.2, 0) is 9.59 Å². The number of hydrogen-bond acceptors (Lipinski definition) is 4. The van der Waals surface area contributed by atoms with Crippen LogP contribution in [0.3, 0.4) is 0 Å². The predicted octanol–water partition coefficient (Wildman–Crippen LogP) is 0.0285. The highest BCUT2D eigenvalue weighted by Crippen LogP contribution is 2.07. The average Bonchev–Trinajstić information content (AvgIpc) is 2.44. The number of carboxylic acids is 1. The molecule has 0 spiro atoms. The maximum absolute atomic E-state index is 12.2. The molecule has 8 heteroatoms. The van der Waals surface area contributed by atoms with E-state index in [1.54, 1.807) is 0 Å². The van der Waals surface area contributed by atoms with Crippen LogP contribution in [0.15, 0.2) is 0 Å². The molecule has 0 fully saturated rings. The molecule has 2 atom stereocenters. The number of amides is 3. The quantitative estimate of drug-likeness (QED) is 0.363. The molecule has 0 heterocycles. The molecule has 8 nitrogen and oxygen atoms in total. The van der Waals surface area contributed by atoms with Gasteiger partial charge >= 0.3 is 12.0 Å². The minimum Gasteiger partial charge on any atom is -0.480 e. The number of carbonyl (C=O) groups is 3. The number of urea groups is 1. The van der Waals surface area contributed by atoms with Gasteiger partial charge in [-0.3, -0.25) is 4.79 Å². The molecule has 0 aliphatic heterocycles. The molecule has 0 rings (SSSR count). The van der Waals surface area contributed by atoms with Gasteiger partial charge in [0.25, 0.3) is 0 Å². The van der Waals surface area contributed by atoms with Crippen LogP contribution in [0.25, 0.3) is 0 Å². The summed E-state index contributed by atoms with van der Waals surface area (Å²) in [5, 5.41) is 16.6. The number of hydrogen-bond donors (Lipinski definition) is 5. The van der Waals surface area contributed by atoms with Crippen molar-refractivity contribution in [3.63, 3.8) is 0 Å². The van der Waals surface area contributed by atoms with Crippen molar-refractivity contribution in [3.8, 4) is 0 Å². The third kappa shape index (κ3) is 8.46. The van der Waals surface area contributed by atoms with Gasteiger partial charge in [-0.2, -0.15) is 0 Å². The standard InChI is InChI=1S/C14H28N4O4/c1-9(2)8-11(18-14(22)16-3)12(19)17-10(13(20)21)6-4-5-7-15/h9-11H,4-8,15H2,1-3H3,(H,17,19)(H,20,21)(H2,16,18,22)/t10-,11-/m0/s1. The summed E-state index contributed by atoms with van der Waals surface area (Å²) in [7, 11) is 1.45. The van der Waals surface area contributed by atoms with Gasteiger partial charge in [-0.25, -0.2) is 9.59 Å². The Kier molecular flexibility index (Phi) is 9.93. The Morgan fingerprint density at radius 1 is 1.09 bits per heavy atom. The molecule has 128 valence electrons. The summed E-state index contributed by atoms with van der Waals surface area (Å²) in [6, 6.07) is -2.22. The van der Waals surface area contributed by atoms with Gasteiger partial charge in [0.1, 0.15) is 12.1 Å². The van der Waals surface area contributed by atoms with E-state index in [0.29, 0.717) is 32.2 Å². The highest BCUT2D eigenvalue weighted by molar-refractivity contribution is 5.89. The summed E-state index contributed by atoms with van der Waals surface area (Å²) in [5.74, 6) is -1.40. The molecule has 0 unspecified atom stereocenters. The first-order chi connectivity index (χ1) is 10.3. The minimum atomic E-state index is -1.09. The number of nitrogens with two attached hydrogens (primary N) is 1. The highest BCUT2D eigenvalue weighted by atomic mass is 16.4. The first-order valence-corrected chi connectivity index (χ1v) is 7.53. The summed E-state index contributed by atoms with van der Waals surface area (Å²) in [4.78, 5) is 34.8. The third-order valence-corrected chi connectivity index (χ3v) is 3.12. The number of rotatable bonds is 10. The number of carboxylic acid groups (broad SMARTS) is 1. The fourth-order valence-corrected chi connectivity index (χ4v) is 1.96. The highest BCUT2D eigenvalue weighted by Gasteiger charge is 2.26. The lowest BCUT2D eigenvalue weighted by molar-refractivity contribution is -0.142.